The van der Waals surface area contributed by atoms with Gasteiger partial charge in [0.25, 0.3) is 11.2 Å². The summed E-state index contributed by atoms with van der Waals surface area (Å²) in [7, 11) is 0. The zero-order chi connectivity index (χ0) is 19.0. The molecule has 1 aromatic carbocycles. The van der Waals surface area contributed by atoms with Crippen LogP contribution >= 0.6 is 23.5 Å². The number of H-pyrrole nitrogens is 1. The lowest BCUT2D eigenvalue weighted by Crippen LogP contribution is -2.22. The number of fused-ring (bicyclic) bond motifs is 1. The predicted octanol–water partition coefficient (Wildman–Crippen LogP) is 2.93. The zero-order valence-corrected chi connectivity index (χ0v) is 16.0. The van der Waals surface area contributed by atoms with E-state index in [0.717, 1.165) is 24.3 Å². The average Bonchev–Trinajstić information content (AvgIpc) is 2.88. The number of amides is 1. The molecule has 0 saturated carbocycles. The number of rotatable bonds is 3. The maximum Gasteiger partial charge on any atom is 0.270 e. The first-order valence-electron chi connectivity index (χ1n) is 8.62. The zero-order valence-electron chi connectivity index (χ0n) is 14.3. The third kappa shape index (κ3) is 3.51. The quantitative estimate of drug-likeness (QED) is 0.599. The number of nitro benzene ring substituents is 1. The lowest BCUT2D eigenvalue weighted by Gasteiger charge is -2.24. The number of nitro groups is 1. The van der Waals surface area contributed by atoms with Gasteiger partial charge in [0.15, 0.2) is 0 Å². The highest BCUT2D eigenvalue weighted by Crippen LogP contribution is 2.42. The van der Waals surface area contributed by atoms with Crippen molar-refractivity contribution in [3.63, 3.8) is 0 Å². The Balaban J connectivity index is 1.82. The largest absolute Gasteiger partial charge is 0.310 e. The minimum absolute atomic E-state index is 0.0293. The van der Waals surface area contributed by atoms with Crippen molar-refractivity contribution in [1.29, 1.82) is 0 Å². The molecule has 27 heavy (non-hydrogen) atoms. The minimum Gasteiger partial charge on any atom is -0.310 e. The number of carbonyl (C=O) groups excluding carboxylic acids is 1. The Morgan fingerprint density at radius 1 is 1.22 bits per heavy atom. The van der Waals surface area contributed by atoms with Crippen LogP contribution in [0.4, 0.5) is 11.5 Å². The molecule has 142 valence electrons. The molecule has 1 aromatic heterocycles. The molecule has 1 amide bonds. The van der Waals surface area contributed by atoms with Gasteiger partial charge in [-0.3, -0.25) is 29.5 Å². The number of nitrogens with one attached hydrogen (secondary N) is 2. The fraction of sp³-hybridized carbons (Fsp3) is 0.412. The summed E-state index contributed by atoms with van der Waals surface area (Å²) in [6, 6.07) is 6.41. The van der Waals surface area contributed by atoms with Crippen LogP contribution in [0.1, 0.15) is 35.3 Å². The fourth-order valence-corrected chi connectivity index (χ4v) is 5.72. The smallest absolute Gasteiger partial charge is 0.270 e. The van der Waals surface area contributed by atoms with Crippen LogP contribution in [0, 0.1) is 10.1 Å². The van der Waals surface area contributed by atoms with Crippen LogP contribution < -0.4 is 10.9 Å². The standard InChI is InChI=1S/C17H18N4O4S2/c22-13-9-27-15(10-2-1-3-12(8-10)21(24)25)14-16(18-13)20(19-17(14)23)11-4-6-26-7-5-11/h1-3,8,11,15H,4-7,9H2,(H,18,22)(H,19,23)/t15-/m0/s1. The van der Waals surface area contributed by atoms with E-state index in [9.17, 15) is 19.7 Å². The first-order valence-corrected chi connectivity index (χ1v) is 10.8. The van der Waals surface area contributed by atoms with Crippen LogP contribution in [0.5, 0.6) is 0 Å². The number of carbonyl (C=O) groups is 1. The van der Waals surface area contributed by atoms with Crippen molar-refractivity contribution in [2.45, 2.75) is 24.1 Å². The van der Waals surface area contributed by atoms with E-state index in [0.29, 0.717) is 16.9 Å². The van der Waals surface area contributed by atoms with Gasteiger partial charge in [0, 0.05) is 12.1 Å². The molecule has 0 aliphatic carbocycles. The lowest BCUT2D eigenvalue weighted by atomic mass is 10.1. The summed E-state index contributed by atoms with van der Waals surface area (Å²) in [6.45, 7) is 0. The van der Waals surface area contributed by atoms with Crippen molar-refractivity contribution in [3.05, 3.63) is 55.9 Å². The molecule has 0 spiro atoms. The van der Waals surface area contributed by atoms with Gasteiger partial charge in [0.05, 0.1) is 27.5 Å². The Kier molecular flexibility index (Phi) is 5.00. The first kappa shape index (κ1) is 18.2. The number of non-ortho nitro benzene ring substituents is 1. The second-order valence-electron chi connectivity index (χ2n) is 6.51. The van der Waals surface area contributed by atoms with Gasteiger partial charge in [-0.15, -0.1) is 11.8 Å². The molecule has 8 nitrogen and oxygen atoms in total. The molecule has 0 unspecified atom stereocenters. The second kappa shape index (κ2) is 7.43. The molecule has 1 saturated heterocycles. The van der Waals surface area contributed by atoms with Gasteiger partial charge in [-0.25, -0.2) is 0 Å². The molecular weight excluding hydrogens is 388 g/mol. The summed E-state index contributed by atoms with van der Waals surface area (Å²) in [5.41, 5.74) is 0.826. The van der Waals surface area contributed by atoms with Crippen LogP contribution in [0.2, 0.25) is 0 Å². The summed E-state index contributed by atoms with van der Waals surface area (Å²) in [5.74, 6) is 2.53. The van der Waals surface area contributed by atoms with E-state index in [1.165, 1.54) is 23.9 Å². The average molecular weight is 406 g/mol. The highest BCUT2D eigenvalue weighted by Gasteiger charge is 2.33. The van der Waals surface area contributed by atoms with Crippen LogP contribution in [-0.2, 0) is 4.79 Å². The van der Waals surface area contributed by atoms with Crippen molar-refractivity contribution in [1.82, 2.24) is 9.78 Å². The second-order valence-corrected chi connectivity index (χ2v) is 8.83. The molecule has 2 aliphatic rings. The van der Waals surface area contributed by atoms with E-state index in [1.807, 2.05) is 11.8 Å². The van der Waals surface area contributed by atoms with Gasteiger partial charge in [0.2, 0.25) is 5.91 Å². The van der Waals surface area contributed by atoms with E-state index in [2.05, 4.69) is 10.4 Å². The first-order chi connectivity index (χ1) is 13.0. The molecule has 2 aromatic rings. The Labute approximate surface area is 163 Å². The van der Waals surface area contributed by atoms with Gasteiger partial charge in [-0.05, 0) is 29.9 Å². The van der Waals surface area contributed by atoms with Crippen molar-refractivity contribution in [2.24, 2.45) is 0 Å². The van der Waals surface area contributed by atoms with Gasteiger partial charge >= 0.3 is 0 Å². The fourth-order valence-electron chi connectivity index (χ4n) is 3.53. The van der Waals surface area contributed by atoms with E-state index >= 15 is 0 Å². The van der Waals surface area contributed by atoms with Gasteiger partial charge < -0.3 is 5.32 Å². The maximum absolute atomic E-state index is 12.8. The molecule has 3 heterocycles. The van der Waals surface area contributed by atoms with Crippen molar-refractivity contribution in [3.8, 4) is 0 Å². The Hall–Kier alpha value is -2.20. The third-order valence-corrected chi connectivity index (χ3v) is 7.12. The van der Waals surface area contributed by atoms with Gasteiger partial charge in [-0.1, -0.05) is 12.1 Å². The van der Waals surface area contributed by atoms with Crippen LogP contribution in [-0.4, -0.2) is 37.9 Å². The molecule has 2 N–H and O–H groups in total. The Morgan fingerprint density at radius 3 is 2.74 bits per heavy atom. The molecule has 1 fully saturated rings. The van der Waals surface area contributed by atoms with Crippen molar-refractivity contribution >= 4 is 40.9 Å². The van der Waals surface area contributed by atoms with Gasteiger partial charge in [0.1, 0.15) is 5.82 Å². The van der Waals surface area contributed by atoms with E-state index in [4.69, 9.17) is 0 Å². The Morgan fingerprint density at radius 2 is 2.00 bits per heavy atom. The molecule has 0 radical (unpaired) electrons. The summed E-state index contributed by atoms with van der Waals surface area (Å²) in [4.78, 5) is 35.8. The van der Waals surface area contributed by atoms with Crippen LogP contribution in [0.25, 0.3) is 0 Å². The number of hydrogen-bond acceptors (Lipinski definition) is 6. The number of aromatic nitrogens is 2. The number of aromatic amines is 1. The molecule has 0 bridgehead atoms. The number of benzene rings is 1. The number of thioether (sulfide) groups is 2. The number of anilines is 1. The topological polar surface area (TPSA) is 110 Å². The van der Waals surface area contributed by atoms with E-state index in [-0.39, 0.29) is 28.9 Å². The lowest BCUT2D eigenvalue weighted by molar-refractivity contribution is -0.384. The SMILES string of the molecule is O=C1CS[C@@H](c2cccc([N+](=O)[O-])c2)c2c(n(C3CCSCC3)[nH]c2=O)N1. The maximum atomic E-state index is 12.8. The number of nitrogens with zero attached hydrogens (tertiary/aromatic N) is 2. The number of hydrogen-bond donors (Lipinski definition) is 2. The Bertz CT molecular complexity index is 949. The highest BCUT2D eigenvalue weighted by atomic mass is 32.2. The molecule has 2 aliphatic heterocycles. The van der Waals surface area contributed by atoms with Crippen LogP contribution in [0.15, 0.2) is 29.1 Å². The minimum atomic E-state index is -0.454. The molecule has 1 atom stereocenters. The van der Waals surface area contributed by atoms with Crippen molar-refractivity contribution < 1.29 is 9.72 Å². The highest BCUT2D eigenvalue weighted by molar-refractivity contribution is 8.00. The van der Waals surface area contributed by atoms with Crippen molar-refractivity contribution in [2.75, 3.05) is 22.6 Å². The predicted molar refractivity (Wildman–Crippen MR) is 107 cm³/mol. The summed E-state index contributed by atoms with van der Waals surface area (Å²) >= 11 is 3.19. The summed E-state index contributed by atoms with van der Waals surface area (Å²) in [6.07, 6.45) is 1.85. The molecular formula is C17H18N4O4S2. The van der Waals surface area contributed by atoms with Crippen LogP contribution in [0.3, 0.4) is 0 Å². The monoisotopic (exact) mass is 406 g/mol. The van der Waals surface area contributed by atoms with Gasteiger partial charge in [-0.2, -0.15) is 11.8 Å². The summed E-state index contributed by atoms with van der Waals surface area (Å²) < 4.78 is 1.80. The molecule has 4 rings (SSSR count). The normalized spacial score (nSPS) is 20.6. The summed E-state index contributed by atoms with van der Waals surface area (Å²) in [5, 5.41) is 16.5. The van der Waals surface area contributed by atoms with E-state index < -0.39 is 10.2 Å². The third-order valence-electron chi connectivity index (χ3n) is 4.80. The molecule has 10 heteroatoms. The van der Waals surface area contributed by atoms with E-state index in [1.54, 1.807) is 16.8 Å².